The first-order valence-electron chi connectivity index (χ1n) is 4.36. The highest BCUT2D eigenvalue weighted by molar-refractivity contribution is 9.10. The molecule has 1 aromatic rings. The average Bonchev–Trinajstić information content (AvgIpc) is 2.18. The van der Waals surface area contributed by atoms with Gasteiger partial charge in [0.2, 0.25) is 0 Å². The zero-order chi connectivity index (χ0) is 10.4. The largest absolute Gasteiger partial charge is 0.319 e. The molecule has 1 rings (SSSR count). The Labute approximate surface area is 97.5 Å². The number of nitrogens with one attached hydrogen (secondary N) is 1. The van der Waals surface area contributed by atoms with Crippen molar-refractivity contribution in [3.63, 3.8) is 0 Å². The van der Waals surface area contributed by atoms with Gasteiger partial charge in [-0.2, -0.15) is 0 Å². The normalized spacial score (nSPS) is 11.1. The van der Waals surface area contributed by atoms with Gasteiger partial charge in [0.25, 0.3) is 0 Å². The molecular weight excluding hydrogens is 263 g/mol. The van der Waals surface area contributed by atoms with E-state index in [2.05, 4.69) is 32.3 Å². The Morgan fingerprint density at radius 2 is 2.43 bits per heavy atom. The summed E-state index contributed by atoms with van der Waals surface area (Å²) in [4.78, 5) is 3.96. The van der Waals surface area contributed by atoms with Gasteiger partial charge in [0.05, 0.1) is 0 Å². The molecule has 4 heteroatoms. The Balaban J connectivity index is 2.65. The van der Waals surface area contributed by atoms with Gasteiger partial charge in [-0.1, -0.05) is 23.8 Å². The molecule has 0 bridgehead atoms. The lowest BCUT2D eigenvalue weighted by molar-refractivity contribution is 0.809. The van der Waals surface area contributed by atoms with Gasteiger partial charge in [-0.15, -0.1) is 0 Å². The zero-order valence-electron chi connectivity index (χ0n) is 7.93. The lowest BCUT2D eigenvalue weighted by Gasteiger charge is -1.98. The Bertz CT molecular complexity index is 326. The number of hydrogen-bond donors (Lipinski definition) is 1. The van der Waals surface area contributed by atoms with Crippen LogP contribution >= 0.6 is 27.5 Å². The van der Waals surface area contributed by atoms with E-state index in [-0.39, 0.29) is 0 Å². The summed E-state index contributed by atoms with van der Waals surface area (Å²) in [6.07, 6.45) is 6.85. The standard InChI is InChI=1S/C10H12BrClN2/c1-13-5-3-2-4-8-6-10(12)14-7-9(8)11/h2,4,6-7,13H,3,5H2,1H3. The average molecular weight is 276 g/mol. The van der Waals surface area contributed by atoms with E-state index in [4.69, 9.17) is 11.6 Å². The van der Waals surface area contributed by atoms with E-state index >= 15 is 0 Å². The fourth-order valence-corrected chi connectivity index (χ4v) is 1.51. The third-order valence-corrected chi connectivity index (χ3v) is 2.58. The van der Waals surface area contributed by atoms with Crippen LogP contribution in [-0.2, 0) is 0 Å². The fourth-order valence-electron chi connectivity index (χ4n) is 0.993. The molecule has 0 unspecified atom stereocenters. The van der Waals surface area contributed by atoms with Crippen LogP contribution in [0.1, 0.15) is 12.0 Å². The fraction of sp³-hybridized carbons (Fsp3) is 0.300. The van der Waals surface area contributed by atoms with Gasteiger partial charge < -0.3 is 5.32 Å². The van der Waals surface area contributed by atoms with Crippen molar-refractivity contribution in [2.75, 3.05) is 13.6 Å². The third kappa shape index (κ3) is 3.78. The summed E-state index contributed by atoms with van der Waals surface area (Å²) in [6.45, 7) is 0.979. The maximum absolute atomic E-state index is 5.78. The third-order valence-electron chi connectivity index (χ3n) is 1.71. The van der Waals surface area contributed by atoms with Gasteiger partial charge in [-0.25, -0.2) is 4.98 Å². The molecule has 0 atom stereocenters. The molecule has 0 saturated heterocycles. The highest BCUT2D eigenvalue weighted by Gasteiger charge is 1.97. The van der Waals surface area contributed by atoms with E-state index in [9.17, 15) is 0 Å². The van der Waals surface area contributed by atoms with Crippen molar-refractivity contribution in [2.45, 2.75) is 6.42 Å². The number of halogens is 2. The smallest absolute Gasteiger partial charge is 0.129 e. The number of rotatable bonds is 4. The number of pyridine rings is 1. The lowest BCUT2D eigenvalue weighted by atomic mass is 10.2. The molecule has 0 aromatic carbocycles. The zero-order valence-corrected chi connectivity index (χ0v) is 10.3. The molecule has 0 amide bonds. The van der Waals surface area contributed by atoms with Crippen molar-refractivity contribution in [2.24, 2.45) is 0 Å². The summed E-state index contributed by atoms with van der Waals surface area (Å²) in [5, 5.41) is 3.59. The highest BCUT2D eigenvalue weighted by Crippen LogP contribution is 2.19. The molecule has 1 N–H and O–H groups in total. The van der Waals surface area contributed by atoms with Crippen molar-refractivity contribution < 1.29 is 0 Å². The van der Waals surface area contributed by atoms with E-state index in [1.807, 2.05) is 19.2 Å². The molecule has 14 heavy (non-hydrogen) atoms. The van der Waals surface area contributed by atoms with Crippen LogP contribution in [0.15, 0.2) is 22.8 Å². The minimum atomic E-state index is 0.515. The Hall–Kier alpha value is -0.380. The minimum absolute atomic E-state index is 0.515. The van der Waals surface area contributed by atoms with Crippen LogP contribution in [0.4, 0.5) is 0 Å². The van der Waals surface area contributed by atoms with Gasteiger partial charge in [0.15, 0.2) is 0 Å². The first-order valence-corrected chi connectivity index (χ1v) is 5.53. The molecule has 2 nitrogen and oxygen atoms in total. The van der Waals surface area contributed by atoms with Crippen molar-refractivity contribution in [1.29, 1.82) is 0 Å². The summed E-state index contributed by atoms with van der Waals surface area (Å²) in [6, 6.07) is 1.83. The summed E-state index contributed by atoms with van der Waals surface area (Å²) < 4.78 is 0.961. The molecule has 0 fully saturated rings. The molecule has 0 saturated carbocycles. The molecule has 76 valence electrons. The second-order valence-electron chi connectivity index (χ2n) is 2.82. The van der Waals surface area contributed by atoms with Crippen LogP contribution < -0.4 is 5.32 Å². The van der Waals surface area contributed by atoms with Crippen molar-refractivity contribution in [3.05, 3.63) is 33.5 Å². The number of aromatic nitrogens is 1. The van der Waals surface area contributed by atoms with Gasteiger partial charge in [0, 0.05) is 10.7 Å². The topological polar surface area (TPSA) is 24.9 Å². The van der Waals surface area contributed by atoms with Crippen LogP contribution in [0.3, 0.4) is 0 Å². The van der Waals surface area contributed by atoms with Gasteiger partial charge in [0.1, 0.15) is 5.15 Å². The highest BCUT2D eigenvalue weighted by atomic mass is 79.9. The Kier molecular flexibility index (Phi) is 5.15. The molecule has 0 aliphatic carbocycles. The van der Waals surface area contributed by atoms with Crippen LogP contribution in [0, 0.1) is 0 Å². The van der Waals surface area contributed by atoms with E-state index in [1.165, 1.54) is 0 Å². The summed E-state index contributed by atoms with van der Waals surface area (Å²) in [5.41, 5.74) is 1.06. The quantitative estimate of drug-likeness (QED) is 0.674. The molecule has 0 aliphatic heterocycles. The van der Waals surface area contributed by atoms with Crippen molar-refractivity contribution in [1.82, 2.24) is 10.3 Å². The Morgan fingerprint density at radius 1 is 1.64 bits per heavy atom. The first-order chi connectivity index (χ1) is 6.74. The Morgan fingerprint density at radius 3 is 3.14 bits per heavy atom. The maximum Gasteiger partial charge on any atom is 0.129 e. The molecule has 1 aromatic heterocycles. The molecule has 0 aliphatic rings. The van der Waals surface area contributed by atoms with E-state index in [0.29, 0.717) is 5.15 Å². The molecular formula is C10H12BrClN2. The minimum Gasteiger partial charge on any atom is -0.319 e. The van der Waals surface area contributed by atoms with Crippen LogP contribution in [0.2, 0.25) is 5.15 Å². The second-order valence-corrected chi connectivity index (χ2v) is 4.06. The first kappa shape index (κ1) is 11.7. The van der Waals surface area contributed by atoms with E-state index in [1.54, 1.807) is 6.20 Å². The van der Waals surface area contributed by atoms with E-state index < -0.39 is 0 Å². The predicted octanol–water partition coefficient (Wildman–Crippen LogP) is 3.12. The SMILES string of the molecule is CNCCC=Cc1cc(Cl)ncc1Br. The van der Waals surface area contributed by atoms with Gasteiger partial charge in [-0.05, 0) is 47.6 Å². The van der Waals surface area contributed by atoms with Gasteiger partial charge >= 0.3 is 0 Å². The van der Waals surface area contributed by atoms with Crippen molar-refractivity contribution >= 4 is 33.6 Å². The van der Waals surface area contributed by atoms with Crippen LogP contribution in [0.25, 0.3) is 6.08 Å². The van der Waals surface area contributed by atoms with Crippen LogP contribution in [0.5, 0.6) is 0 Å². The number of nitrogens with zero attached hydrogens (tertiary/aromatic N) is 1. The van der Waals surface area contributed by atoms with E-state index in [0.717, 1.165) is 23.0 Å². The molecule has 0 spiro atoms. The van der Waals surface area contributed by atoms with Crippen LogP contribution in [-0.4, -0.2) is 18.6 Å². The van der Waals surface area contributed by atoms with Crippen molar-refractivity contribution in [3.8, 4) is 0 Å². The summed E-state index contributed by atoms with van der Waals surface area (Å²) in [5.74, 6) is 0. The second kappa shape index (κ2) is 6.17. The predicted molar refractivity (Wildman–Crippen MR) is 64.5 cm³/mol. The summed E-state index contributed by atoms with van der Waals surface area (Å²) >= 11 is 9.19. The lowest BCUT2D eigenvalue weighted by Crippen LogP contribution is -2.05. The molecule has 1 heterocycles. The maximum atomic E-state index is 5.78. The number of hydrogen-bond acceptors (Lipinski definition) is 2. The van der Waals surface area contributed by atoms with Gasteiger partial charge in [-0.3, -0.25) is 0 Å². The molecule has 0 radical (unpaired) electrons. The monoisotopic (exact) mass is 274 g/mol. The summed E-state index contributed by atoms with van der Waals surface area (Å²) in [7, 11) is 1.94.